The molecule has 0 aliphatic heterocycles. The highest BCUT2D eigenvalue weighted by molar-refractivity contribution is 5.91. The molecule has 98 valence electrons. The molecule has 0 aromatic heterocycles. The van der Waals surface area contributed by atoms with Gasteiger partial charge in [0.25, 0.3) is 0 Å². The maximum atomic E-state index is 13.3. The molecule has 0 saturated heterocycles. The zero-order valence-electron chi connectivity index (χ0n) is 9.29. The van der Waals surface area contributed by atoms with E-state index in [9.17, 15) is 22.4 Å². The molecule has 0 heterocycles. The molecule has 0 fully saturated rings. The summed E-state index contributed by atoms with van der Waals surface area (Å²) in [5.74, 6) is -7.48. The van der Waals surface area contributed by atoms with Crippen LogP contribution in [0.4, 0.5) is 17.6 Å². The Hall–Kier alpha value is -2.37. The van der Waals surface area contributed by atoms with E-state index in [0.717, 1.165) is 18.2 Å². The van der Waals surface area contributed by atoms with Gasteiger partial charge in [-0.3, -0.25) is 0 Å². The predicted octanol–water partition coefficient (Wildman–Crippen LogP) is 3.46. The third-order valence-corrected chi connectivity index (χ3v) is 2.29. The summed E-state index contributed by atoms with van der Waals surface area (Å²) in [6.07, 6.45) is 0. The maximum absolute atomic E-state index is 13.3. The fourth-order valence-corrected chi connectivity index (χ4v) is 1.37. The van der Waals surface area contributed by atoms with Crippen LogP contribution in [0.2, 0.25) is 0 Å². The van der Waals surface area contributed by atoms with Gasteiger partial charge in [-0.15, -0.1) is 0 Å². The molecule has 0 radical (unpaired) electrons. The number of rotatable bonds is 2. The van der Waals surface area contributed by atoms with Crippen molar-refractivity contribution < 1.29 is 27.1 Å². The summed E-state index contributed by atoms with van der Waals surface area (Å²) >= 11 is 0. The van der Waals surface area contributed by atoms with Crippen LogP contribution in [-0.4, -0.2) is 5.97 Å². The minimum atomic E-state index is -1.79. The first-order chi connectivity index (χ1) is 9.00. The summed E-state index contributed by atoms with van der Waals surface area (Å²) in [4.78, 5) is 11.5. The Morgan fingerprint density at radius 3 is 2.21 bits per heavy atom. The molecule has 0 atom stereocenters. The Labute approximate surface area is 105 Å². The van der Waals surface area contributed by atoms with Crippen LogP contribution in [0.5, 0.6) is 5.75 Å². The fourth-order valence-electron chi connectivity index (χ4n) is 1.37. The van der Waals surface area contributed by atoms with E-state index in [4.69, 9.17) is 0 Å². The van der Waals surface area contributed by atoms with Crippen LogP contribution >= 0.6 is 0 Å². The number of hydrogen-bond acceptors (Lipinski definition) is 2. The van der Waals surface area contributed by atoms with E-state index in [1.807, 2.05) is 0 Å². The van der Waals surface area contributed by atoms with Crippen LogP contribution in [0, 0.1) is 23.3 Å². The molecule has 0 saturated carbocycles. The second-order valence-electron chi connectivity index (χ2n) is 3.54. The molecule has 2 aromatic rings. The van der Waals surface area contributed by atoms with E-state index < -0.39 is 40.6 Å². The molecule has 2 rings (SSSR count). The van der Waals surface area contributed by atoms with Gasteiger partial charge in [0.15, 0.2) is 29.0 Å². The number of hydrogen-bond donors (Lipinski definition) is 0. The van der Waals surface area contributed by atoms with Crippen LogP contribution in [0.25, 0.3) is 0 Å². The molecule has 0 spiro atoms. The van der Waals surface area contributed by atoms with E-state index in [-0.39, 0.29) is 0 Å². The van der Waals surface area contributed by atoms with E-state index in [0.29, 0.717) is 6.07 Å². The van der Waals surface area contributed by atoms with Crippen molar-refractivity contribution in [1.29, 1.82) is 0 Å². The van der Waals surface area contributed by atoms with Crippen molar-refractivity contribution in [2.45, 2.75) is 0 Å². The fraction of sp³-hybridized carbons (Fsp3) is 0. The van der Waals surface area contributed by atoms with Crippen LogP contribution in [0.15, 0.2) is 36.4 Å². The van der Waals surface area contributed by atoms with E-state index in [1.54, 1.807) is 0 Å². The molecule has 2 aromatic carbocycles. The van der Waals surface area contributed by atoms with Gasteiger partial charge in [-0.2, -0.15) is 0 Å². The summed E-state index contributed by atoms with van der Waals surface area (Å²) in [5, 5.41) is 0. The Kier molecular flexibility index (Phi) is 3.50. The molecule has 0 aliphatic rings. The van der Waals surface area contributed by atoms with Crippen LogP contribution in [0.1, 0.15) is 10.4 Å². The number of ether oxygens (including phenoxy) is 1. The SMILES string of the molecule is O=C(Oc1ccccc1F)c1ccc(F)c(F)c1F. The lowest BCUT2D eigenvalue weighted by molar-refractivity contribution is 0.0721. The smallest absolute Gasteiger partial charge is 0.346 e. The quantitative estimate of drug-likeness (QED) is 0.361. The average Bonchev–Trinajstić information content (AvgIpc) is 2.39. The van der Waals surface area contributed by atoms with Gasteiger partial charge in [-0.1, -0.05) is 12.1 Å². The number of para-hydroxylation sites is 1. The van der Waals surface area contributed by atoms with Crippen molar-refractivity contribution in [3.8, 4) is 5.75 Å². The lowest BCUT2D eigenvalue weighted by Crippen LogP contribution is -2.13. The maximum Gasteiger partial charge on any atom is 0.346 e. The first-order valence-corrected chi connectivity index (χ1v) is 5.11. The molecule has 0 amide bonds. The zero-order valence-corrected chi connectivity index (χ0v) is 9.29. The van der Waals surface area contributed by atoms with Crippen molar-refractivity contribution in [3.63, 3.8) is 0 Å². The largest absolute Gasteiger partial charge is 0.420 e. The summed E-state index contributed by atoms with van der Waals surface area (Å²) in [7, 11) is 0. The van der Waals surface area contributed by atoms with Gasteiger partial charge in [0, 0.05) is 0 Å². The third-order valence-electron chi connectivity index (χ3n) is 2.29. The Morgan fingerprint density at radius 1 is 0.842 bits per heavy atom. The average molecular weight is 270 g/mol. The second-order valence-corrected chi connectivity index (χ2v) is 3.54. The van der Waals surface area contributed by atoms with Gasteiger partial charge in [-0.05, 0) is 24.3 Å². The molecule has 6 heteroatoms. The molecule has 2 nitrogen and oxygen atoms in total. The second kappa shape index (κ2) is 5.09. The highest BCUT2D eigenvalue weighted by atomic mass is 19.2. The molecular weight excluding hydrogens is 264 g/mol. The standard InChI is InChI=1S/C13H6F4O2/c14-8-3-1-2-4-10(8)19-13(18)7-5-6-9(15)12(17)11(7)16/h1-6H. The molecular formula is C13H6F4O2. The molecule has 0 bridgehead atoms. The minimum absolute atomic E-state index is 0.434. The van der Waals surface area contributed by atoms with Gasteiger partial charge in [-0.25, -0.2) is 22.4 Å². The first-order valence-electron chi connectivity index (χ1n) is 5.11. The Morgan fingerprint density at radius 2 is 1.53 bits per heavy atom. The minimum Gasteiger partial charge on any atom is -0.420 e. The van der Waals surface area contributed by atoms with E-state index in [1.165, 1.54) is 12.1 Å². The van der Waals surface area contributed by atoms with Crippen molar-refractivity contribution >= 4 is 5.97 Å². The summed E-state index contributed by atoms with van der Waals surface area (Å²) in [6, 6.07) is 6.24. The zero-order chi connectivity index (χ0) is 14.0. The highest BCUT2D eigenvalue weighted by Crippen LogP contribution is 2.20. The number of carbonyl (C=O) groups is 1. The first kappa shape index (κ1) is 13.1. The van der Waals surface area contributed by atoms with Gasteiger partial charge in [0.2, 0.25) is 0 Å². The lowest BCUT2D eigenvalue weighted by Gasteiger charge is -2.06. The van der Waals surface area contributed by atoms with E-state index >= 15 is 0 Å². The lowest BCUT2D eigenvalue weighted by atomic mass is 10.2. The topological polar surface area (TPSA) is 26.3 Å². The predicted molar refractivity (Wildman–Crippen MR) is 57.7 cm³/mol. The number of halogens is 4. The Balaban J connectivity index is 2.31. The molecule has 0 aliphatic carbocycles. The summed E-state index contributed by atoms with van der Waals surface area (Å²) in [5.41, 5.74) is -0.817. The normalized spacial score (nSPS) is 10.3. The number of esters is 1. The van der Waals surface area contributed by atoms with Gasteiger partial charge in [0.1, 0.15) is 0 Å². The molecule has 0 N–H and O–H groups in total. The van der Waals surface area contributed by atoms with Crippen molar-refractivity contribution in [2.24, 2.45) is 0 Å². The van der Waals surface area contributed by atoms with E-state index in [2.05, 4.69) is 4.74 Å². The number of benzene rings is 2. The Bertz CT molecular complexity index is 641. The molecule has 19 heavy (non-hydrogen) atoms. The van der Waals surface area contributed by atoms with Crippen molar-refractivity contribution in [2.75, 3.05) is 0 Å². The van der Waals surface area contributed by atoms with Crippen LogP contribution < -0.4 is 4.74 Å². The van der Waals surface area contributed by atoms with Crippen molar-refractivity contribution in [3.05, 3.63) is 65.2 Å². The number of carbonyl (C=O) groups excluding carboxylic acids is 1. The van der Waals surface area contributed by atoms with Crippen molar-refractivity contribution in [1.82, 2.24) is 0 Å². The van der Waals surface area contributed by atoms with Crippen LogP contribution in [-0.2, 0) is 0 Å². The van der Waals surface area contributed by atoms with Gasteiger partial charge >= 0.3 is 5.97 Å². The van der Waals surface area contributed by atoms with Crippen LogP contribution in [0.3, 0.4) is 0 Å². The molecule has 0 unspecified atom stereocenters. The van der Waals surface area contributed by atoms with Gasteiger partial charge in [0.05, 0.1) is 5.56 Å². The summed E-state index contributed by atoms with van der Waals surface area (Å²) < 4.78 is 56.7. The third kappa shape index (κ3) is 2.57. The monoisotopic (exact) mass is 270 g/mol. The van der Waals surface area contributed by atoms with Gasteiger partial charge < -0.3 is 4.74 Å². The summed E-state index contributed by atoms with van der Waals surface area (Å²) in [6.45, 7) is 0. The highest BCUT2D eigenvalue weighted by Gasteiger charge is 2.21.